The molecule has 4 heterocycles. The van der Waals surface area contributed by atoms with E-state index in [1.165, 1.54) is 0 Å². The Balaban J connectivity index is 1.35. The fraction of sp³-hybridized carbons (Fsp3) is 0.381. The monoisotopic (exact) mass is 395 g/mol. The van der Waals surface area contributed by atoms with Gasteiger partial charge in [0.1, 0.15) is 17.1 Å². The van der Waals surface area contributed by atoms with E-state index in [2.05, 4.69) is 10.5 Å². The van der Waals surface area contributed by atoms with E-state index in [0.29, 0.717) is 24.7 Å². The zero-order valence-corrected chi connectivity index (χ0v) is 16.1. The number of fused-ring (bicyclic) bond motifs is 1. The van der Waals surface area contributed by atoms with Crippen molar-refractivity contribution in [2.24, 2.45) is 11.8 Å². The quantitative estimate of drug-likeness (QED) is 0.773. The molecule has 2 bridgehead atoms. The number of nitrogens with one attached hydrogen (secondary N) is 1. The minimum absolute atomic E-state index is 0.160. The Bertz CT molecular complexity index is 1020. The van der Waals surface area contributed by atoms with Gasteiger partial charge in [0.15, 0.2) is 5.82 Å². The van der Waals surface area contributed by atoms with E-state index in [4.69, 9.17) is 14.0 Å². The summed E-state index contributed by atoms with van der Waals surface area (Å²) in [7, 11) is 1.60. The average molecular weight is 395 g/mol. The molecule has 0 radical (unpaired) electrons. The highest BCUT2D eigenvalue weighted by Crippen LogP contribution is 2.52. The number of carbonyl (C=O) groups excluding carboxylic acids is 2. The third-order valence-electron chi connectivity index (χ3n) is 5.90. The van der Waals surface area contributed by atoms with Crippen LogP contribution in [-0.4, -0.2) is 42.3 Å². The van der Waals surface area contributed by atoms with Crippen molar-refractivity contribution in [3.05, 3.63) is 53.8 Å². The number of nitrogens with zero attached hydrogens (tertiary/aromatic N) is 2. The van der Waals surface area contributed by atoms with Gasteiger partial charge in [0, 0.05) is 12.6 Å². The molecule has 2 amide bonds. The van der Waals surface area contributed by atoms with Gasteiger partial charge in [-0.25, -0.2) is 0 Å². The summed E-state index contributed by atoms with van der Waals surface area (Å²) in [4.78, 5) is 27.8. The van der Waals surface area contributed by atoms with E-state index in [-0.39, 0.29) is 11.8 Å². The van der Waals surface area contributed by atoms with Gasteiger partial charge in [-0.15, -0.1) is 0 Å². The van der Waals surface area contributed by atoms with Crippen molar-refractivity contribution in [1.29, 1.82) is 0 Å². The lowest BCUT2D eigenvalue weighted by Gasteiger charge is -2.23. The molecule has 1 spiro atoms. The van der Waals surface area contributed by atoms with Gasteiger partial charge >= 0.3 is 0 Å². The number of benzene rings is 1. The van der Waals surface area contributed by atoms with Crippen molar-refractivity contribution in [3.8, 4) is 5.75 Å². The molecule has 1 aromatic carbocycles. The highest BCUT2D eigenvalue weighted by Gasteiger charge is 2.67. The Morgan fingerprint density at radius 3 is 3.03 bits per heavy atom. The van der Waals surface area contributed by atoms with Gasteiger partial charge in [0.2, 0.25) is 11.8 Å². The van der Waals surface area contributed by atoms with Crippen LogP contribution in [0.5, 0.6) is 5.75 Å². The SMILES string of the molecule is COc1cccc(CNC(=O)[C@@H]2[C@H]3C(=O)N(c4cc(C)on4)C[C@]34C=C[C@H]2O4)c1. The fourth-order valence-electron chi connectivity index (χ4n) is 4.56. The maximum absolute atomic E-state index is 13.2. The zero-order valence-electron chi connectivity index (χ0n) is 16.1. The van der Waals surface area contributed by atoms with Crippen LogP contribution >= 0.6 is 0 Å². The van der Waals surface area contributed by atoms with Crippen molar-refractivity contribution in [2.45, 2.75) is 25.2 Å². The molecule has 29 heavy (non-hydrogen) atoms. The van der Waals surface area contributed by atoms with E-state index in [1.54, 1.807) is 25.0 Å². The first-order chi connectivity index (χ1) is 14.0. The van der Waals surface area contributed by atoms with Crippen molar-refractivity contribution < 1.29 is 23.6 Å². The number of amides is 2. The zero-order chi connectivity index (χ0) is 20.2. The predicted molar refractivity (Wildman–Crippen MR) is 102 cm³/mol. The molecule has 0 aliphatic carbocycles. The first kappa shape index (κ1) is 17.9. The third kappa shape index (κ3) is 2.74. The van der Waals surface area contributed by atoms with Crippen LogP contribution in [0.25, 0.3) is 0 Å². The number of aryl methyl sites for hydroxylation is 1. The second-order valence-electron chi connectivity index (χ2n) is 7.69. The van der Waals surface area contributed by atoms with Gasteiger partial charge in [-0.2, -0.15) is 0 Å². The summed E-state index contributed by atoms with van der Waals surface area (Å²) in [5.41, 5.74) is 0.136. The van der Waals surface area contributed by atoms with Gasteiger partial charge in [0.25, 0.3) is 0 Å². The molecule has 2 fully saturated rings. The summed E-state index contributed by atoms with van der Waals surface area (Å²) in [5, 5.41) is 6.91. The summed E-state index contributed by atoms with van der Waals surface area (Å²) < 4.78 is 16.5. The van der Waals surface area contributed by atoms with Crippen LogP contribution in [0.4, 0.5) is 5.82 Å². The van der Waals surface area contributed by atoms with Crippen molar-refractivity contribution in [2.75, 3.05) is 18.6 Å². The van der Waals surface area contributed by atoms with E-state index < -0.39 is 23.5 Å². The average Bonchev–Trinajstić information content (AvgIpc) is 3.47. The first-order valence-corrected chi connectivity index (χ1v) is 9.53. The van der Waals surface area contributed by atoms with Gasteiger partial charge in [0.05, 0.1) is 31.6 Å². The summed E-state index contributed by atoms with van der Waals surface area (Å²) in [6, 6.07) is 9.22. The number of hydrogen-bond acceptors (Lipinski definition) is 6. The van der Waals surface area contributed by atoms with Gasteiger partial charge in [-0.1, -0.05) is 29.4 Å². The molecule has 8 nitrogen and oxygen atoms in total. The number of anilines is 1. The molecule has 5 rings (SSSR count). The molecule has 1 N–H and O–H groups in total. The molecular weight excluding hydrogens is 374 g/mol. The van der Waals surface area contributed by atoms with E-state index >= 15 is 0 Å². The number of carbonyl (C=O) groups is 2. The smallest absolute Gasteiger partial charge is 0.235 e. The first-order valence-electron chi connectivity index (χ1n) is 9.53. The molecular formula is C21H21N3O5. The number of ether oxygens (including phenoxy) is 2. The van der Waals surface area contributed by atoms with Crippen LogP contribution < -0.4 is 15.0 Å². The van der Waals surface area contributed by atoms with Crippen LogP contribution in [0.2, 0.25) is 0 Å². The number of aromatic nitrogens is 1. The van der Waals surface area contributed by atoms with Gasteiger partial charge in [-0.3, -0.25) is 14.5 Å². The highest BCUT2D eigenvalue weighted by atomic mass is 16.5. The lowest BCUT2D eigenvalue weighted by molar-refractivity contribution is -0.132. The lowest BCUT2D eigenvalue weighted by atomic mass is 9.77. The van der Waals surface area contributed by atoms with Crippen molar-refractivity contribution >= 4 is 17.6 Å². The minimum atomic E-state index is -0.785. The second kappa shape index (κ2) is 6.45. The maximum atomic E-state index is 13.2. The summed E-state index contributed by atoms with van der Waals surface area (Å²) >= 11 is 0. The molecule has 0 unspecified atom stereocenters. The molecule has 4 atom stereocenters. The standard InChI is InChI=1S/C21H21N3O5/c1-12-8-16(23-29-12)24-11-21-7-6-15(28-21)17(18(21)20(24)26)19(25)22-10-13-4-3-5-14(9-13)27-2/h3-9,15,17-18H,10-11H2,1-2H3,(H,22,25)/t15-,17+,18+,21-/m1/s1. The Hall–Kier alpha value is -3.13. The topological polar surface area (TPSA) is 93.9 Å². The van der Waals surface area contributed by atoms with Crippen LogP contribution in [0, 0.1) is 18.8 Å². The molecule has 2 saturated heterocycles. The normalized spacial score (nSPS) is 29.4. The number of hydrogen-bond donors (Lipinski definition) is 1. The fourth-order valence-corrected chi connectivity index (χ4v) is 4.56. The Morgan fingerprint density at radius 1 is 1.41 bits per heavy atom. The Morgan fingerprint density at radius 2 is 2.28 bits per heavy atom. The van der Waals surface area contributed by atoms with Gasteiger partial charge in [-0.05, 0) is 24.6 Å². The number of rotatable bonds is 5. The third-order valence-corrected chi connectivity index (χ3v) is 5.90. The second-order valence-corrected chi connectivity index (χ2v) is 7.69. The van der Waals surface area contributed by atoms with Crippen molar-refractivity contribution in [1.82, 2.24) is 10.5 Å². The van der Waals surface area contributed by atoms with Crippen molar-refractivity contribution in [3.63, 3.8) is 0 Å². The van der Waals surface area contributed by atoms with E-state index in [9.17, 15) is 9.59 Å². The van der Waals surface area contributed by atoms with Crippen LogP contribution in [0.15, 0.2) is 47.0 Å². The molecule has 150 valence electrons. The largest absolute Gasteiger partial charge is 0.497 e. The minimum Gasteiger partial charge on any atom is -0.497 e. The molecule has 2 aromatic rings. The molecule has 3 aliphatic heterocycles. The summed E-state index contributed by atoms with van der Waals surface area (Å²) in [6.45, 7) is 2.45. The Labute approximate surface area is 167 Å². The number of methoxy groups -OCH3 is 1. The van der Waals surface area contributed by atoms with E-state index in [0.717, 1.165) is 11.3 Å². The van der Waals surface area contributed by atoms with Gasteiger partial charge < -0.3 is 19.3 Å². The van der Waals surface area contributed by atoms with Crippen LogP contribution in [-0.2, 0) is 20.9 Å². The van der Waals surface area contributed by atoms with Crippen LogP contribution in [0.3, 0.4) is 0 Å². The Kier molecular flexibility index (Phi) is 3.99. The lowest BCUT2D eigenvalue weighted by Crippen LogP contribution is -2.44. The van der Waals surface area contributed by atoms with Crippen LogP contribution in [0.1, 0.15) is 11.3 Å². The predicted octanol–water partition coefficient (Wildman–Crippen LogP) is 1.59. The summed E-state index contributed by atoms with van der Waals surface area (Å²) in [5.74, 6) is 0.303. The van der Waals surface area contributed by atoms with E-state index in [1.807, 2.05) is 36.4 Å². The molecule has 8 heteroatoms. The highest BCUT2D eigenvalue weighted by molar-refractivity contribution is 6.02. The molecule has 1 aromatic heterocycles. The molecule has 3 aliphatic rings. The maximum Gasteiger partial charge on any atom is 0.235 e. The molecule has 0 saturated carbocycles. The summed E-state index contributed by atoms with van der Waals surface area (Å²) in [6.07, 6.45) is 3.41.